The van der Waals surface area contributed by atoms with Crippen molar-refractivity contribution in [1.29, 1.82) is 0 Å². The van der Waals surface area contributed by atoms with Crippen molar-refractivity contribution in [3.63, 3.8) is 0 Å². The number of fused-ring (bicyclic) bond motifs is 1. The number of nitrogens with one attached hydrogen (secondary N) is 2. The maximum atomic E-state index is 12.6. The van der Waals surface area contributed by atoms with Crippen LogP contribution in [-0.2, 0) is 16.0 Å². The van der Waals surface area contributed by atoms with Gasteiger partial charge in [0.25, 0.3) is 5.91 Å². The van der Waals surface area contributed by atoms with Gasteiger partial charge in [-0.15, -0.1) is 0 Å². The molecule has 0 aliphatic rings. The fourth-order valence-corrected chi connectivity index (χ4v) is 3.04. The molecule has 2 aromatic carbocycles. The summed E-state index contributed by atoms with van der Waals surface area (Å²) in [6.07, 6.45) is -0.939. The van der Waals surface area contributed by atoms with Crippen LogP contribution in [0.15, 0.2) is 54.6 Å². The highest BCUT2D eigenvalue weighted by Gasteiger charge is 2.30. The zero-order valence-corrected chi connectivity index (χ0v) is 15.4. The second-order valence-electron chi connectivity index (χ2n) is 6.15. The molecule has 0 spiro atoms. The van der Waals surface area contributed by atoms with E-state index in [0.29, 0.717) is 5.02 Å². The number of hydrogen-bond donors (Lipinski definition) is 3. The summed E-state index contributed by atoms with van der Waals surface area (Å²) in [5.41, 5.74) is 1.84. The fraction of sp³-hybridized carbons (Fsp3) is 0.200. The summed E-state index contributed by atoms with van der Waals surface area (Å²) in [5.74, 6) is -1.24. The molecule has 2 atom stereocenters. The predicted molar refractivity (Wildman–Crippen MR) is 103 cm³/mol. The van der Waals surface area contributed by atoms with E-state index in [0.717, 1.165) is 16.5 Å². The molecule has 0 fully saturated rings. The number of aliphatic hydroxyl groups is 1. The summed E-state index contributed by atoms with van der Waals surface area (Å²) in [4.78, 5) is 27.7. The molecule has 0 unspecified atom stereocenters. The van der Waals surface area contributed by atoms with E-state index in [1.807, 2.05) is 30.3 Å². The van der Waals surface area contributed by atoms with Crippen LogP contribution in [-0.4, -0.2) is 41.2 Å². The zero-order valence-electron chi connectivity index (χ0n) is 14.6. The first-order valence-electron chi connectivity index (χ1n) is 8.37. The molecule has 0 saturated carbocycles. The molecule has 140 valence electrons. The molecule has 6 nitrogen and oxygen atoms in total. The Labute approximate surface area is 161 Å². The first-order valence-corrected chi connectivity index (χ1v) is 8.74. The Kier molecular flexibility index (Phi) is 5.78. The lowest BCUT2D eigenvalue weighted by molar-refractivity contribution is -0.145. The Bertz CT molecular complexity index is 955. The molecule has 3 rings (SSSR count). The standard InChI is InChI=1S/C20H19ClN2O4/c1-27-20(26)18(17(24)9-12-5-3-2-4-6-12)23-19(25)16-11-13-10-14(21)7-8-15(13)22-16/h2-8,10-11,17-18,22,24H,9H2,1H3,(H,23,25)/t17-,18-/m1/s1. The topological polar surface area (TPSA) is 91.4 Å². The lowest BCUT2D eigenvalue weighted by Crippen LogP contribution is -2.50. The van der Waals surface area contributed by atoms with Gasteiger partial charge in [-0.25, -0.2) is 4.79 Å². The highest BCUT2D eigenvalue weighted by Crippen LogP contribution is 2.20. The number of halogens is 1. The molecule has 0 aliphatic carbocycles. The third-order valence-corrected chi connectivity index (χ3v) is 4.48. The average Bonchev–Trinajstić information content (AvgIpc) is 3.09. The number of carbonyl (C=O) groups is 2. The largest absolute Gasteiger partial charge is 0.467 e. The van der Waals surface area contributed by atoms with E-state index in [9.17, 15) is 14.7 Å². The Morgan fingerprint density at radius 2 is 1.93 bits per heavy atom. The summed E-state index contributed by atoms with van der Waals surface area (Å²) in [6.45, 7) is 0. The Morgan fingerprint density at radius 1 is 1.19 bits per heavy atom. The van der Waals surface area contributed by atoms with E-state index in [1.54, 1.807) is 24.3 Å². The monoisotopic (exact) mass is 386 g/mol. The third-order valence-electron chi connectivity index (χ3n) is 4.24. The van der Waals surface area contributed by atoms with Crippen LogP contribution in [0.25, 0.3) is 10.9 Å². The average molecular weight is 387 g/mol. The molecule has 3 aromatic rings. The number of carbonyl (C=O) groups excluding carboxylic acids is 2. The minimum absolute atomic E-state index is 0.198. The molecule has 1 heterocycles. The van der Waals surface area contributed by atoms with E-state index < -0.39 is 24.0 Å². The molecule has 1 amide bonds. The van der Waals surface area contributed by atoms with Crippen LogP contribution in [0.5, 0.6) is 0 Å². The van der Waals surface area contributed by atoms with Gasteiger partial charge in [0.05, 0.1) is 13.2 Å². The first kappa shape index (κ1) is 18.9. The number of amides is 1. The van der Waals surface area contributed by atoms with Gasteiger partial charge < -0.3 is 20.1 Å². The van der Waals surface area contributed by atoms with Crippen LogP contribution >= 0.6 is 11.6 Å². The number of aromatic nitrogens is 1. The number of methoxy groups -OCH3 is 1. The molecule has 1 aromatic heterocycles. The molecular formula is C20H19ClN2O4. The predicted octanol–water partition coefficient (Wildman–Crippen LogP) is 2.70. The maximum absolute atomic E-state index is 12.6. The van der Waals surface area contributed by atoms with Crippen molar-refractivity contribution in [1.82, 2.24) is 10.3 Å². The van der Waals surface area contributed by atoms with Gasteiger partial charge in [0.2, 0.25) is 0 Å². The van der Waals surface area contributed by atoms with Crippen molar-refractivity contribution >= 4 is 34.4 Å². The van der Waals surface area contributed by atoms with Crippen LogP contribution < -0.4 is 5.32 Å². The SMILES string of the molecule is COC(=O)[C@H](NC(=O)c1cc2cc(Cl)ccc2[nH]1)[C@H](O)Cc1ccccc1. The van der Waals surface area contributed by atoms with Gasteiger partial charge in [-0.3, -0.25) is 4.79 Å². The molecule has 0 saturated heterocycles. The lowest BCUT2D eigenvalue weighted by atomic mass is 10.0. The molecular weight excluding hydrogens is 368 g/mol. The smallest absolute Gasteiger partial charge is 0.331 e. The van der Waals surface area contributed by atoms with Gasteiger partial charge in [0.1, 0.15) is 5.69 Å². The highest BCUT2D eigenvalue weighted by atomic mass is 35.5. The minimum Gasteiger partial charge on any atom is -0.467 e. The summed E-state index contributed by atoms with van der Waals surface area (Å²) < 4.78 is 4.74. The number of aliphatic hydroxyl groups excluding tert-OH is 1. The Hall–Kier alpha value is -2.83. The quantitative estimate of drug-likeness (QED) is 0.568. The zero-order chi connectivity index (χ0) is 19.4. The van der Waals surface area contributed by atoms with Crippen molar-refractivity contribution in [2.75, 3.05) is 7.11 Å². The van der Waals surface area contributed by atoms with E-state index >= 15 is 0 Å². The minimum atomic E-state index is -1.20. The van der Waals surface area contributed by atoms with E-state index in [1.165, 1.54) is 7.11 Å². The number of benzene rings is 2. The van der Waals surface area contributed by atoms with Crippen molar-refractivity contribution < 1.29 is 19.4 Å². The van der Waals surface area contributed by atoms with Crippen molar-refractivity contribution in [2.45, 2.75) is 18.6 Å². The van der Waals surface area contributed by atoms with E-state index in [2.05, 4.69) is 10.3 Å². The van der Waals surface area contributed by atoms with Gasteiger partial charge in [-0.2, -0.15) is 0 Å². The fourth-order valence-electron chi connectivity index (χ4n) is 2.86. The molecule has 3 N–H and O–H groups in total. The summed E-state index contributed by atoms with van der Waals surface area (Å²) in [7, 11) is 1.21. The number of esters is 1. The number of ether oxygens (including phenoxy) is 1. The Morgan fingerprint density at radius 3 is 2.63 bits per heavy atom. The Balaban J connectivity index is 1.78. The molecule has 7 heteroatoms. The molecule has 0 aliphatic heterocycles. The van der Waals surface area contributed by atoms with E-state index in [-0.39, 0.29) is 12.1 Å². The maximum Gasteiger partial charge on any atom is 0.331 e. The summed E-state index contributed by atoms with van der Waals surface area (Å²) >= 11 is 5.96. The molecule has 0 bridgehead atoms. The number of H-pyrrole nitrogens is 1. The van der Waals surface area contributed by atoms with Gasteiger partial charge >= 0.3 is 5.97 Å². The first-order chi connectivity index (χ1) is 13.0. The van der Waals surface area contributed by atoms with Crippen molar-refractivity contribution in [3.05, 3.63) is 70.9 Å². The number of rotatable bonds is 6. The second-order valence-corrected chi connectivity index (χ2v) is 6.58. The van der Waals surface area contributed by atoms with Gasteiger partial charge in [-0.1, -0.05) is 41.9 Å². The van der Waals surface area contributed by atoms with Gasteiger partial charge in [0, 0.05) is 22.3 Å². The van der Waals surface area contributed by atoms with E-state index in [4.69, 9.17) is 16.3 Å². The highest BCUT2D eigenvalue weighted by molar-refractivity contribution is 6.31. The molecule has 0 radical (unpaired) electrons. The number of hydrogen-bond acceptors (Lipinski definition) is 4. The van der Waals surface area contributed by atoms with Crippen LogP contribution in [0, 0.1) is 0 Å². The van der Waals surface area contributed by atoms with Crippen LogP contribution in [0.1, 0.15) is 16.1 Å². The summed E-state index contributed by atoms with van der Waals surface area (Å²) in [5, 5.41) is 14.4. The van der Waals surface area contributed by atoms with Crippen molar-refractivity contribution in [2.24, 2.45) is 0 Å². The number of aromatic amines is 1. The third kappa shape index (κ3) is 4.48. The van der Waals surface area contributed by atoms with Crippen LogP contribution in [0.3, 0.4) is 0 Å². The van der Waals surface area contributed by atoms with Crippen molar-refractivity contribution in [3.8, 4) is 0 Å². The normalized spacial score (nSPS) is 13.1. The summed E-state index contributed by atoms with van der Waals surface area (Å²) in [6, 6.07) is 14.8. The van der Waals surface area contributed by atoms with Gasteiger partial charge in [0.15, 0.2) is 6.04 Å². The van der Waals surface area contributed by atoms with Crippen LogP contribution in [0.2, 0.25) is 5.02 Å². The van der Waals surface area contributed by atoms with Gasteiger partial charge in [-0.05, 0) is 29.8 Å². The molecule has 27 heavy (non-hydrogen) atoms. The second kappa shape index (κ2) is 8.24. The van der Waals surface area contributed by atoms with Crippen LogP contribution in [0.4, 0.5) is 0 Å². The lowest BCUT2D eigenvalue weighted by Gasteiger charge is -2.21.